The Morgan fingerprint density at radius 1 is 1.37 bits per heavy atom. The molecule has 0 fully saturated rings. The Bertz CT molecular complexity index is 442. The maximum Gasteiger partial charge on any atom is 0.373 e. The van der Waals surface area contributed by atoms with Gasteiger partial charge in [0.05, 0.1) is 19.2 Å². The van der Waals surface area contributed by atoms with E-state index in [1.165, 1.54) is 7.11 Å². The molecule has 1 rings (SSSR count). The Balaban J connectivity index is 2.63. The fourth-order valence-corrected chi connectivity index (χ4v) is 1.66. The molecule has 2 N–H and O–H groups in total. The summed E-state index contributed by atoms with van der Waals surface area (Å²) < 4.78 is 9.93. The molecule has 0 spiro atoms. The lowest BCUT2D eigenvalue weighted by Gasteiger charge is -2.17. The number of esters is 1. The van der Waals surface area contributed by atoms with Crippen molar-refractivity contribution < 1.29 is 18.7 Å². The van der Waals surface area contributed by atoms with Gasteiger partial charge in [-0.25, -0.2) is 4.79 Å². The molecule has 0 aliphatic carbocycles. The van der Waals surface area contributed by atoms with Crippen molar-refractivity contribution in [2.24, 2.45) is 0 Å². The third-order valence-electron chi connectivity index (χ3n) is 2.68. The van der Waals surface area contributed by atoms with Gasteiger partial charge in [-0.2, -0.15) is 0 Å². The Hall–Kier alpha value is -1.82. The molecule has 106 valence electrons. The van der Waals surface area contributed by atoms with Crippen LogP contribution in [0.2, 0.25) is 0 Å². The van der Waals surface area contributed by atoms with E-state index in [2.05, 4.69) is 15.4 Å². The quantitative estimate of drug-likeness (QED) is 0.759. The molecule has 0 saturated heterocycles. The molecule has 1 heterocycles. The molecule has 0 aliphatic heterocycles. The lowest BCUT2D eigenvalue weighted by Crippen LogP contribution is -2.42. The first-order chi connectivity index (χ1) is 8.99. The minimum atomic E-state index is -0.518. The molecule has 1 aromatic rings. The van der Waals surface area contributed by atoms with Gasteiger partial charge in [0.1, 0.15) is 5.76 Å². The van der Waals surface area contributed by atoms with Crippen LogP contribution < -0.4 is 10.6 Å². The summed E-state index contributed by atoms with van der Waals surface area (Å²) in [5, 5.41) is 5.82. The number of likely N-dealkylation sites (N-methyl/N-ethyl adjacent to an activating group) is 1. The highest BCUT2D eigenvalue weighted by Crippen LogP contribution is 2.17. The van der Waals surface area contributed by atoms with Crippen LogP contribution in [-0.2, 0) is 9.53 Å². The average Bonchev–Trinajstić information content (AvgIpc) is 2.87. The molecule has 0 aromatic carbocycles. The summed E-state index contributed by atoms with van der Waals surface area (Å²) in [6, 6.07) is 2.71. The van der Waals surface area contributed by atoms with E-state index < -0.39 is 5.97 Å². The molecule has 0 radical (unpaired) electrons. The fraction of sp³-hybridized carbons (Fsp3) is 0.538. The second-order valence-electron chi connectivity index (χ2n) is 4.20. The Labute approximate surface area is 112 Å². The Kier molecular flexibility index (Phi) is 5.57. The van der Waals surface area contributed by atoms with Crippen molar-refractivity contribution in [2.45, 2.75) is 32.9 Å². The molecule has 0 bridgehead atoms. The van der Waals surface area contributed by atoms with Gasteiger partial charge in [0.2, 0.25) is 11.7 Å². The van der Waals surface area contributed by atoms with Crippen molar-refractivity contribution in [2.75, 3.05) is 13.7 Å². The summed E-state index contributed by atoms with van der Waals surface area (Å²) in [4.78, 5) is 22.9. The molecule has 6 nitrogen and oxygen atoms in total. The number of ether oxygens (including phenoxy) is 1. The maximum atomic E-state index is 11.6. The number of furan rings is 1. The van der Waals surface area contributed by atoms with Crippen molar-refractivity contribution in [3.8, 4) is 0 Å². The third-order valence-corrected chi connectivity index (χ3v) is 2.68. The molecule has 0 aliphatic rings. The van der Waals surface area contributed by atoms with Gasteiger partial charge in [0, 0.05) is 6.54 Å². The smallest absolute Gasteiger partial charge is 0.373 e. The molecule has 1 aromatic heterocycles. The van der Waals surface area contributed by atoms with E-state index in [0.717, 1.165) is 0 Å². The minimum absolute atomic E-state index is 0.0749. The molecule has 19 heavy (non-hydrogen) atoms. The predicted molar refractivity (Wildman–Crippen MR) is 69.7 cm³/mol. The zero-order valence-electron chi connectivity index (χ0n) is 11.6. The summed E-state index contributed by atoms with van der Waals surface area (Å²) >= 11 is 0. The molecule has 1 amide bonds. The van der Waals surface area contributed by atoms with Crippen molar-refractivity contribution in [3.63, 3.8) is 0 Å². The molecule has 2 unspecified atom stereocenters. The van der Waals surface area contributed by atoms with Crippen molar-refractivity contribution >= 4 is 11.9 Å². The summed E-state index contributed by atoms with van der Waals surface area (Å²) in [6.45, 7) is 6.08. The van der Waals surface area contributed by atoms with Gasteiger partial charge in [0.15, 0.2) is 0 Å². The normalized spacial score (nSPS) is 13.7. The number of hydrogen-bond donors (Lipinski definition) is 2. The second kappa shape index (κ2) is 6.94. The monoisotopic (exact) mass is 268 g/mol. The van der Waals surface area contributed by atoms with Crippen LogP contribution in [0.5, 0.6) is 0 Å². The van der Waals surface area contributed by atoms with E-state index in [4.69, 9.17) is 4.42 Å². The predicted octanol–water partition coefficient (Wildman–Crippen LogP) is 1.24. The van der Waals surface area contributed by atoms with Crippen LogP contribution in [0, 0.1) is 0 Å². The third kappa shape index (κ3) is 4.10. The summed E-state index contributed by atoms with van der Waals surface area (Å²) in [5.41, 5.74) is 0. The number of carbonyl (C=O) groups excluding carboxylic acids is 2. The number of carbonyl (C=O) groups is 2. The van der Waals surface area contributed by atoms with Gasteiger partial charge >= 0.3 is 5.97 Å². The number of nitrogens with one attached hydrogen (secondary N) is 2. The molecule has 6 heteroatoms. The Morgan fingerprint density at radius 2 is 2.05 bits per heavy atom. The van der Waals surface area contributed by atoms with Crippen LogP contribution in [0.15, 0.2) is 16.5 Å². The SMILES string of the molecule is CCNC(=O)C(C)NC(C)c1ccc(C(=O)OC)o1. The van der Waals surface area contributed by atoms with E-state index in [0.29, 0.717) is 12.3 Å². The summed E-state index contributed by atoms with van der Waals surface area (Å²) in [6.07, 6.45) is 0. The van der Waals surface area contributed by atoms with Gasteiger partial charge in [-0.15, -0.1) is 0 Å². The lowest BCUT2D eigenvalue weighted by molar-refractivity contribution is -0.122. The van der Waals surface area contributed by atoms with E-state index in [9.17, 15) is 9.59 Å². The van der Waals surface area contributed by atoms with E-state index >= 15 is 0 Å². The lowest BCUT2D eigenvalue weighted by atomic mass is 10.2. The molecule has 0 saturated carbocycles. The van der Waals surface area contributed by atoms with Gasteiger partial charge < -0.3 is 14.5 Å². The van der Waals surface area contributed by atoms with E-state index in [1.54, 1.807) is 19.1 Å². The van der Waals surface area contributed by atoms with Crippen LogP contribution >= 0.6 is 0 Å². The van der Waals surface area contributed by atoms with Gasteiger partial charge in [-0.1, -0.05) is 0 Å². The topological polar surface area (TPSA) is 80.6 Å². The average molecular weight is 268 g/mol. The maximum absolute atomic E-state index is 11.6. The highest BCUT2D eigenvalue weighted by molar-refractivity contribution is 5.86. The highest BCUT2D eigenvalue weighted by atomic mass is 16.5. The van der Waals surface area contributed by atoms with Crippen LogP contribution in [-0.4, -0.2) is 31.6 Å². The van der Waals surface area contributed by atoms with Crippen LogP contribution in [0.3, 0.4) is 0 Å². The summed E-state index contributed by atoms with van der Waals surface area (Å²) in [5.74, 6) is 0.137. The van der Waals surface area contributed by atoms with Crippen molar-refractivity contribution in [1.29, 1.82) is 0 Å². The largest absolute Gasteiger partial charge is 0.463 e. The van der Waals surface area contributed by atoms with Gasteiger partial charge in [-0.05, 0) is 32.9 Å². The van der Waals surface area contributed by atoms with Crippen molar-refractivity contribution in [1.82, 2.24) is 10.6 Å². The minimum Gasteiger partial charge on any atom is -0.463 e. The first kappa shape index (κ1) is 15.2. The van der Waals surface area contributed by atoms with Gasteiger partial charge in [0.25, 0.3) is 0 Å². The highest BCUT2D eigenvalue weighted by Gasteiger charge is 2.19. The molecular weight excluding hydrogens is 248 g/mol. The standard InChI is InChI=1S/C13H20N2O4/c1-5-14-12(16)9(3)15-8(2)10-6-7-11(19-10)13(17)18-4/h6-9,15H,5H2,1-4H3,(H,14,16). The van der Waals surface area contributed by atoms with Crippen LogP contribution in [0.4, 0.5) is 0 Å². The zero-order chi connectivity index (χ0) is 14.4. The number of methoxy groups -OCH3 is 1. The van der Waals surface area contributed by atoms with Crippen molar-refractivity contribution in [3.05, 3.63) is 23.7 Å². The van der Waals surface area contributed by atoms with E-state index in [-0.39, 0.29) is 23.8 Å². The number of amides is 1. The van der Waals surface area contributed by atoms with E-state index in [1.807, 2.05) is 13.8 Å². The van der Waals surface area contributed by atoms with Crippen LogP contribution in [0.25, 0.3) is 0 Å². The molecule has 2 atom stereocenters. The van der Waals surface area contributed by atoms with Crippen LogP contribution in [0.1, 0.15) is 43.1 Å². The number of rotatable bonds is 6. The number of hydrogen-bond acceptors (Lipinski definition) is 5. The first-order valence-electron chi connectivity index (χ1n) is 6.21. The van der Waals surface area contributed by atoms with Gasteiger partial charge in [-0.3, -0.25) is 10.1 Å². The zero-order valence-corrected chi connectivity index (χ0v) is 11.6. The second-order valence-corrected chi connectivity index (χ2v) is 4.20. The fourth-order valence-electron chi connectivity index (χ4n) is 1.66. The first-order valence-corrected chi connectivity index (χ1v) is 6.21. The molecular formula is C13H20N2O4. The Morgan fingerprint density at radius 3 is 2.63 bits per heavy atom. The summed E-state index contributed by atoms with van der Waals surface area (Å²) in [7, 11) is 1.30.